The van der Waals surface area contributed by atoms with Gasteiger partial charge in [-0.3, -0.25) is 0 Å². The fourth-order valence-electron chi connectivity index (χ4n) is 1.30. The van der Waals surface area contributed by atoms with Crippen LogP contribution in [0.1, 0.15) is 10.5 Å². The number of carbonyl (C=O) groups excluding carboxylic acids is 1. The number of aromatic nitrogens is 2. The van der Waals surface area contributed by atoms with E-state index < -0.39 is 5.97 Å². The standard InChI is InChI=1S/C10H7ClN2O2/c1-15-9(14)8-6-4-2-3-5-7(6)12-10(11)13-8/h2-5H,1H3. The van der Waals surface area contributed by atoms with Gasteiger partial charge in [0.2, 0.25) is 5.28 Å². The molecular formula is C10H7ClN2O2. The number of benzene rings is 1. The fourth-order valence-corrected chi connectivity index (χ4v) is 1.48. The van der Waals surface area contributed by atoms with Crippen LogP contribution in [0.4, 0.5) is 0 Å². The van der Waals surface area contributed by atoms with Crippen LogP contribution in [0, 0.1) is 0 Å². The zero-order valence-corrected chi connectivity index (χ0v) is 8.65. The van der Waals surface area contributed by atoms with Gasteiger partial charge in [-0.2, -0.15) is 0 Å². The molecule has 0 atom stereocenters. The summed E-state index contributed by atoms with van der Waals surface area (Å²) in [4.78, 5) is 19.3. The quantitative estimate of drug-likeness (QED) is 0.548. The highest BCUT2D eigenvalue weighted by molar-refractivity contribution is 6.29. The molecule has 0 unspecified atom stereocenters. The highest BCUT2D eigenvalue weighted by atomic mass is 35.5. The molecule has 1 heterocycles. The highest BCUT2D eigenvalue weighted by Gasteiger charge is 2.13. The van der Waals surface area contributed by atoms with Crippen LogP contribution in [-0.2, 0) is 4.74 Å². The predicted octanol–water partition coefficient (Wildman–Crippen LogP) is 2.07. The maximum atomic E-state index is 11.4. The number of ether oxygens (including phenoxy) is 1. The topological polar surface area (TPSA) is 52.1 Å². The molecule has 0 aliphatic carbocycles. The van der Waals surface area contributed by atoms with Gasteiger partial charge in [0.25, 0.3) is 0 Å². The summed E-state index contributed by atoms with van der Waals surface area (Å²) in [5, 5.41) is 0.669. The molecule has 0 bridgehead atoms. The summed E-state index contributed by atoms with van der Waals surface area (Å²) < 4.78 is 4.61. The maximum Gasteiger partial charge on any atom is 0.357 e. The van der Waals surface area contributed by atoms with Gasteiger partial charge in [-0.25, -0.2) is 14.8 Å². The zero-order chi connectivity index (χ0) is 10.8. The first kappa shape index (κ1) is 9.86. The second kappa shape index (κ2) is 3.82. The molecule has 4 nitrogen and oxygen atoms in total. The van der Waals surface area contributed by atoms with Crippen molar-refractivity contribution in [3.63, 3.8) is 0 Å². The summed E-state index contributed by atoms with van der Waals surface area (Å²) in [5.41, 5.74) is 0.811. The number of rotatable bonds is 1. The third-order valence-corrected chi connectivity index (χ3v) is 2.12. The second-order valence-electron chi connectivity index (χ2n) is 2.85. The average Bonchev–Trinajstić information content (AvgIpc) is 2.26. The van der Waals surface area contributed by atoms with E-state index in [9.17, 15) is 4.79 Å². The Labute approximate surface area is 90.9 Å². The number of halogens is 1. The van der Waals surface area contributed by atoms with Crippen molar-refractivity contribution in [1.82, 2.24) is 9.97 Å². The Morgan fingerprint density at radius 3 is 2.80 bits per heavy atom. The summed E-state index contributed by atoms with van der Waals surface area (Å²) in [6, 6.07) is 7.12. The van der Waals surface area contributed by atoms with E-state index in [0.29, 0.717) is 10.9 Å². The molecule has 0 radical (unpaired) electrons. The van der Waals surface area contributed by atoms with Crippen LogP contribution in [0.25, 0.3) is 10.9 Å². The molecule has 1 aromatic carbocycles. The molecule has 0 fully saturated rings. The SMILES string of the molecule is COC(=O)c1nc(Cl)nc2ccccc12. The molecule has 2 rings (SSSR count). The molecule has 15 heavy (non-hydrogen) atoms. The monoisotopic (exact) mass is 222 g/mol. The van der Waals surface area contributed by atoms with Crippen molar-refractivity contribution in [3.05, 3.63) is 35.2 Å². The van der Waals surface area contributed by atoms with Crippen molar-refractivity contribution in [3.8, 4) is 0 Å². The number of para-hydroxylation sites is 1. The van der Waals surface area contributed by atoms with E-state index in [0.717, 1.165) is 0 Å². The van der Waals surface area contributed by atoms with Gasteiger partial charge in [0.15, 0.2) is 5.69 Å². The van der Waals surface area contributed by atoms with Gasteiger partial charge in [-0.1, -0.05) is 18.2 Å². The van der Waals surface area contributed by atoms with E-state index in [1.807, 2.05) is 6.07 Å². The van der Waals surface area contributed by atoms with Crippen LogP contribution < -0.4 is 0 Å². The zero-order valence-electron chi connectivity index (χ0n) is 7.90. The second-order valence-corrected chi connectivity index (χ2v) is 3.19. The summed E-state index contributed by atoms with van der Waals surface area (Å²) in [6.07, 6.45) is 0. The van der Waals surface area contributed by atoms with E-state index in [-0.39, 0.29) is 11.0 Å². The van der Waals surface area contributed by atoms with Gasteiger partial charge in [-0.05, 0) is 17.7 Å². The number of nitrogens with zero attached hydrogens (tertiary/aromatic N) is 2. The van der Waals surface area contributed by atoms with Gasteiger partial charge in [0.05, 0.1) is 12.6 Å². The third kappa shape index (κ3) is 1.76. The first-order chi connectivity index (χ1) is 7.22. The first-order valence-electron chi connectivity index (χ1n) is 4.23. The van der Waals surface area contributed by atoms with Crippen molar-refractivity contribution < 1.29 is 9.53 Å². The highest BCUT2D eigenvalue weighted by Crippen LogP contribution is 2.17. The Morgan fingerprint density at radius 2 is 2.07 bits per heavy atom. The molecule has 5 heteroatoms. The minimum absolute atomic E-state index is 0.0362. The summed E-state index contributed by atoms with van der Waals surface area (Å²) in [5.74, 6) is -0.518. The lowest BCUT2D eigenvalue weighted by Gasteiger charge is -2.03. The van der Waals surface area contributed by atoms with Crippen LogP contribution in [0.15, 0.2) is 24.3 Å². The van der Waals surface area contributed by atoms with Crippen LogP contribution in [-0.4, -0.2) is 23.0 Å². The van der Waals surface area contributed by atoms with Gasteiger partial charge in [-0.15, -0.1) is 0 Å². The number of hydrogen-bond acceptors (Lipinski definition) is 4. The normalized spacial score (nSPS) is 10.3. The first-order valence-corrected chi connectivity index (χ1v) is 4.61. The van der Waals surface area contributed by atoms with Crippen LogP contribution in [0.3, 0.4) is 0 Å². The van der Waals surface area contributed by atoms with Crippen molar-refractivity contribution in [2.24, 2.45) is 0 Å². The lowest BCUT2D eigenvalue weighted by molar-refractivity contribution is 0.0596. The van der Waals surface area contributed by atoms with Gasteiger partial charge < -0.3 is 4.74 Å². The molecule has 0 N–H and O–H groups in total. The summed E-state index contributed by atoms with van der Waals surface area (Å²) >= 11 is 5.69. The molecule has 0 spiro atoms. The molecule has 0 aliphatic rings. The Hall–Kier alpha value is -1.68. The van der Waals surface area contributed by atoms with Crippen LogP contribution >= 0.6 is 11.6 Å². The van der Waals surface area contributed by atoms with Crippen molar-refractivity contribution >= 4 is 28.5 Å². The van der Waals surface area contributed by atoms with E-state index in [2.05, 4.69) is 14.7 Å². The van der Waals surface area contributed by atoms with E-state index in [1.165, 1.54) is 7.11 Å². The van der Waals surface area contributed by atoms with Gasteiger partial charge in [0.1, 0.15) is 0 Å². The van der Waals surface area contributed by atoms with Crippen molar-refractivity contribution in [2.75, 3.05) is 7.11 Å². The number of fused-ring (bicyclic) bond motifs is 1. The molecule has 2 aromatic rings. The van der Waals surface area contributed by atoms with E-state index in [4.69, 9.17) is 11.6 Å². The molecule has 0 aliphatic heterocycles. The van der Waals surface area contributed by atoms with E-state index >= 15 is 0 Å². The molecule has 0 saturated heterocycles. The van der Waals surface area contributed by atoms with E-state index in [1.54, 1.807) is 18.2 Å². The smallest absolute Gasteiger partial charge is 0.357 e. The summed E-state index contributed by atoms with van der Waals surface area (Å²) in [6.45, 7) is 0. The summed E-state index contributed by atoms with van der Waals surface area (Å²) in [7, 11) is 1.30. The Kier molecular flexibility index (Phi) is 2.51. The number of hydrogen-bond donors (Lipinski definition) is 0. The number of carbonyl (C=O) groups is 1. The van der Waals surface area contributed by atoms with Crippen molar-refractivity contribution in [1.29, 1.82) is 0 Å². The Morgan fingerprint density at radius 1 is 1.33 bits per heavy atom. The van der Waals surface area contributed by atoms with Crippen LogP contribution in [0.2, 0.25) is 5.28 Å². The predicted molar refractivity (Wildman–Crippen MR) is 55.9 cm³/mol. The minimum atomic E-state index is -0.518. The average molecular weight is 223 g/mol. The molecular weight excluding hydrogens is 216 g/mol. The van der Waals surface area contributed by atoms with Gasteiger partial charge >= 0.3 is 5.97 Å². The lowest BCUT2D eigenvalue weighted by Crippen LogP contribution is -2.06. The molecule has 0 saturated carbocycles. The van der Waals surface area contributed by atoms with Crippen LogP contribution in [0.5, 0.6) is 0 Å². The van der Waals surface area contributed by atoms with Gasteiger partial charge in [0, 0.05) is 5.39 Å². The number of methoxy groups -OCH3 is 1. The largest absolute Gasteiger partial charge is 0.464 e. The Balaban J connectivity index is 2.76. The molecule has 76 valence electrons. The fraction of sp³-hybridized carbons (Fsp3) is 0.100. The Bertz CT molecular complexity index is 528. The van der Waals surface area contributed by atoms with Crippen molar-refractivity contribution in [2.45, 2.75) is 0 Å². The third-order valence-electron chi connectivity index (χ3n) is 1.95. The maximum absolute atomic E-state index is 11.4. The number of esters is 1. The molecule has 1 aromatic heterocycles. The molecule has 0 amide bonds. The minimum Gasteiger partial charge on any atom is -0.464 e. The lowest BCUT2D eigenvalue weighted by atomic mass is 10.2.